The second kappa shape index (κ2) is 4.94. The highest BCUT2D eigenvalue weighted by molar-refractivity contribution is 7.14. The Kier molecular flexibility index (Phi) is 3.53. The maximum atomic E-state index is 12.3. The molecule has 94 valence electrons. The number of ether oxygens (including phenoxy) is 1. The second-order valence-corrected chi connectivity index (χ2v) is 5.62. The number of benzene rings is 1. The number of carbonyl (C=O) groups is 1. The van der Waals surface area contributed by atoms with E-state index in [2.05, 4.69) is 0 Å². The van der Waals surface area contributed by atoms with Crippen molar-refractivity contribution in [2.45, 2.75) is 20.8 Å². The standard InChI is InChI=1S/C15H16O2S/c1-9-8-14(18-11(9)3)15(16)12-5-6-13(17-4)10(2)7-12/h5-8H,1-4H3. The van der Waals surface area contributed by atoms with Gasteiger partial charge in [-0.25, -0.2) is 0 Å². The molecule has 18 heavy (non-hydrogen) atoms. The third-order valence-corrected chi connectivity index (χ3v) is 4.20. The number of methoxy groups -OCH3 is 1. The fraction of sp³-hybridized carbons (Fsp3) is 0.267. The smallest absolute Gasteiger partial charge is 0.202 e. The zero-order chi connectivity index (χ0) is 13.3. The molecule has 2 aromatic rings. The molecule has 0 atom stereocenters. The summed E-state index contributed by atoms with van der Waals surface area (Å²) in [6, 6.07) is 7.50. The van der Waals surface area contributed by atoms with E-state index < -0.39 is 0 Å². The van der Waals surface area contributed by atoms with Crippen molar-refractivity contribution >= 4 is 17.1 Å². The summed E-state index contributed by atoms with van der Waals surface area (Å²) in [5.41, 5.74) is 2.87. The third-order valence-electron chi connectivity index (χ3n) is 3.05. The van der Waals surface area contributed by atoms with Crippen molar-refractivity contribution in [2.75, 3.05) is 7.11 Å². The molecule has 3 heteroatoms. The molecule has 0 aliphatic heterocycles. The highest BCUT2D eigenvalue weighted by Gasteiger charge is 2.14. The Hall–Kier alpha value is -1.61. The largest absolute Gasteiger partial charge is 0.496 e. The SMILES string of the molecule is COc1ccc(C(=O)c2cc(C)c(C)s2)cc1C. The van der Waals surface area contributed by atoms with Crippen molar-refractivity contribution in [1.82, 2.24) is 0 Å². The molecule has 0 aliphatic rings. The molecule has 0 fully saturated rings. The van der Waals surface area contributed by atoms with Gasteiger partial charge in [0.25, 0.3) is 0 Å². The molecule has 0 radical (unpaired) electrons. The van der Waals surface area contributed by atoms with Gasteiger partial charge in [0.1, 0.15) is 5.75 Å². The minimum atomic E-state index is 0.0851. The number of hydrogen-bond donors (Lipinski definition) is 0. The average molecular weight is 260 g/mol. The van der Waals surface area contributed by atoms with Crippen LogP contribution in [-0.2, 0) is 0 Å². The van der Waals surface area contributed by atoms with E-state index in [1.54, 1.807) is 18.4 Å². The normalized spacial score (nSPS) is 10.4. The average Bonchev–Trinajstić information content (AvgIpc) is 2.68. The van der Waals surface area contributed by atoms with Gasteiger partial charge in [-0.1, -0.05) is 0 Å². The first-order valence-corrected chi connectivity index (χ1v) is 6.61. The van der Waals surface area contributed by atoms with Crippen LogP contribution in [0.15, 0.2) is 24.3 Å². The fourth-order valence-corrected chi connectivity index (χ4v) is 2.84. The predicted octanol–water partition coefficient (Wildman–Crippen LogP) is 3.91. The van der Waals surface area contributed by atoms with Gasteiger partial charge in [0.15, 0.2) is 0 Å². The summed E-state index contributed by atoms with van der Waals surface area (Å²) in [7, 11) is 1.63. The molecule has 0 amide bonds. The summed E-state index contributed by atoms with van der Waals surface area (Å²) in [6.07, 6.45) is 0. The molecule has 0 spiro atoms. The quantitative estimate of drug-likeness (QED) is 0.782. The van der Waals surface area contributed by atoms with E-state index in [1.165, 1.54) is 10.4 Å². The van der Waals surface area contributed by atoms with Gasteiger partial charge in [-0.2, -0.15) is 0 Å². The highest BCUT2D eigenvalue weighted by Crippen LogP contribution is 2.25. The van der Waals surface area contributed by atoms with E-state index in [4.69, 9.17) is 4.74 Å². The molecule has 0 saturated carbocycles. The fourth-order valence-electron chi connectivity index (χ4n) is 1.85. The molecule has 2 nitrogen and oxygen atoms in total. The Labute approximate surface area is 111 Å². The number of ketones is 1. The van der Waals surface area contributed by atoms with Crippen molar-refractivity contribution in [3.63, 3.8) is 0 Å². The molecular formula is C15H16O2S. The van der Waals surface area contributed by atoms with Crippen molar-refractivity contribution in [2.24, 2.45) is 0 Å². The van der Waals surface area contributed by atoms with Gasteiger partial charge in [-0.05, 0) is 56.2 Å². The molecular weight excluding hydrogens is 244 g/mol. The lowest BCUT2D eigenvalue weighted by Gasteiger charge is -2.05. The van der Waals surface area contributed by atoms with E-state index in [0.29, 0.717) is 0 Å². The number of carbonyl (C=O) groups excluding carboxylic acids is 1. The highest BCUT2D eigenvalue weighted by atomic mass is 32.1. The summed E-state index contributed by atoms with van der Waals surface area (Å²) < 4.78 is 5.20. The molecule has 2 rings (SSSR count). The van der Waals surface area contributed by atoms with Crippen LogP contribution in [0.2, 0.25) is 0 Å². The van der Waals surface area contributed by atoms with Gasteiger partial charge in [0.2, 0.25) is 5.78 Å². The maximum absolute atomic E-state index is 12.3. The van der Waals surface area contributed by atoms with Crippen LogP contribution in [0.25, 0.3) is 0 Å². The first-order chi connectivity index (χ1) is 8.52. The zero-order valence-electron chi connectivity index (χ0n) is 11.0. The first-order valence-electron chi connectivity index (χ1n) is 5.79. The Bertz CT molecular complexity index is 577. The number of aryl methyl sites for hydroxylation is 3. The van der Waals surface area contributed by atoms with Crippen molar-refractivity contribution < 1.29 is 9.53 Å². The lowest BCUT2D eigenvalue weighted by Crippen LogP contribution is -1.99. The predicted molar refractivity (Wildman–Crippen MR) is 75.0 cm³/mol. The summed E-state index contributed by atoms with van der Waals surface area (Å²) in [5.74, 6) is 0.895. The van der Waals surface area contributed by atoms with E-state index in [1.807, 2.05) is 45.0 Å². The van der Waals surface area contributed by atoms with E-state index in [0.717, 1.165) is 21.8 Å². The molecule has 1 aromatic heterocycles. The van der Waals surface area contributed by atoms with Gasteiger partial charge in [-0.3, -0.25) is 4.79 Å². The van der Waals surface area contributed by atoms with Gasteiger partial charge >= 0.3 is 0 Å². The number of hydrogen-bond acceptors (Lipinski definition) is 3. The lowest BCUT2D eigenvalue weighted by molar-refractivity contribution is 0.104. The van der Waals surface area contributed by atoms with Crippen LogP contribution in [0.5, 0.6) is 5.75 Å². The lowest BCUT2D eigenvalue weighted by atomic mass is 10.1. The van der Waals surface area contributed by atoms with Gasteiger partial charge in [0, 0.05) is 10.4 Å². The number of rotatable bonds is 3. The monoisotopic (exact) mass is 260 g/mol. The first kappa shape index (κ1) is 12.8. The molecule has 0 aliphatic carbocycles. The Morgan fingerprint density at radius 3 is 2.33 bits per heavy atom. The third kappa shape index (κ3) is 2.31. The molecule has 1 heterocycles. The van der Waals surface area contributed by atoms with Crippen molar-refractivity contribution in [1.29, 1.82) is 0 Å². The van der Waals surface area contributed by atoms with Crippen LogP contribution in [-0.4, -0.2) is 12.9 Å². The Morgan fingerprint density at radius 1 is 1.11 bits per heavy atom. The van der Waals surface area contributed by atoms with E-state index in [-0.39, 0.29) is 5.78 Å². The summed E-state index contributed by atoms with van der Waals surface area (Å²) in [5, 5.41) is 0. The van der Waals surface area contributed by atoms with Gasteiger partial charge in [-0.15, -0.1) is 11.3 Å². The molecule has 0 unspecified atom stereocenters. The van der Waals surface area contributed by atoms with Crippen LogP contribution >= 0.6 is 11.3 Å². The Morgan fingerprint density at radius 2 is 1.83 bits per heavy atom. The van der Waals surface area contributed by atoms with Crippen molar-refractivity contribution in [3.8, 4) is 5.75 Å². The topological polar surface area (TPSA) is 26.3 Å². The van der Waals surface area contributed by atoms with Crippen LogP contribution in [0.3, 0.4) is 0 Å². The second-order valence-electron chi connectivity index (χ2n) is 4.36. The van der Waals surface area contributed by atoms with Gasteiger partial charge < -0.3 is 4.74 Å². The minimum absolute atomic E-state index is 0.0851. The minimum Gasteiger partial charge on any atom is -0.496 e. The zero-order valence-corrected chi connectivity index (χ0v) is 11.9. The maximum Gasteiger partial charge on any atom is 0.202 e. The summed E-state index contributed by atoms with van der Waals surface area (Å²) in [6.45, 7) is 6.01. The summed E-state index contributed by atoms with van der Waals surface area (Å²) in [4.78, 5) is 14.3. The van der Waals surface area contributed by atoms with Gasteiger partial charge in [0.05, 0.1) is 12.0 Å². The number of thiophene rings is 1. The van der Waals surface area contributed by atoms with E-state index in [9.17, 15) is 4.79 Å². The summed E-state index contributed by atoms with van der Waals surface area (Å²) >= 11 is 1.55. The van der Waals surface area contributed by atoms with Crippen LogP contribution in [0.4, 0.5) is 0 Å². The molecule has 0 bridgehead atoms. The Balaban J connectivity index is 2.37. The van der Waals surface area contributed by atoms with Crippen molar-refractivity contribution in [3.05, 3.63) is 50.7 Å². The molecule has 1 aromatic carbocycles. The van der Waals surface area contributed by atoms with E-state index >= 15 is 0 Å². The van der Waals surface area contributed by atoms with Crippen LogP contribution < -0.4 is 4.74 Å². The van der Waals surface area contributed by atoms with Crippen LogP contribution in [0.1, 0.15) is 31.2 Å². The molecule has 0 saturated heterocycles. The van der Waals surface area contributed by atoms with Crippen LogP contribution in [0, 0.1) is 20.8 Å². The molecule has 0 N–H and O–H groups in total.